The zero-order chi connectivity index (χ0) is 22.0. The van der Waals surface area contributed by atoms with E-state index in [1.54, 1.807) is 18.2 Å². The first-order chi connectivity index (χ1) is 14.2. The molecule has 0 aliphatic carbocycles. The topological polar surface area (TPSA) is 113 Å². The van der Waals surface area contributed by atoms with E-state index >= 15 is 0 Å². The van der Waals surface area contributed by atoms with Crippen molar-refractivity contribution in [3.05, 3.63) is 74.4 Å². The quantitative estimate of drug-likeness (QED) is 0.492. The standard InChI is InChI=1S/C22H23N3O5/c1-13(2)11-25-19(23)18(20(27)24(3)22(25)29)17(26)12-30-21(28)16-9-8-14-6-4-5-7-15(14)10-16/h4-10,13H,11-12,23H2,1-3H3. The fourth-order valence-corrected chi connectivity index (χ4v) is 3.19. The molecule has 0 spiro atoms. The van der Waals surface area contributed by atoms with Gasteiger partial charge in [0.25, 0.3) is 5.56 Å². The van der Waals surface area contributed by atoms with Crippen LogP contribution >= 0.6 is 0 Å². The summed E-state index contributed by atoms with van der Waals surface area (Å²) in [6, 6.07) is 12.6. The van der Waals surface area contributed by atoms with Crippen molar-refractivity contribution in [1.82, 2.24) is 9.13 Å². The molecule has 0 saturated carbocycles. The maximum atomic E-state index is 12.7. The number of aromatic nitrogens is 2. The van der Waals surface area contributed by atoms with Crippen LogP contribution < -0.4 is 17.0 Å². The molecule has 1 heterocycles. The van der Waals surface area contributed by atoms with E-state index in [1.165, 1.54) is 11.6 Å². The van der Waals surface area contributed by atoms with E-state index < -0.39 is 29.6 Å². The molecular weight excluding hydrogens is 386 g/mol. The lowest BCUT2D eigenvalue weighted by Crippen LogP contribution is -2.43. The Morgan fingerprint density at radius 1 is 1.07 bits per heavy atom. The van der Waals surface area contributed by atoms with Crippen molar-refractivity contribution in [3.8, 4) is 0 Å². The summed E-state index contributed by atoms with van der Waals surface area (Å²) < 4.78 is 7.13. The Labute approximate surface area is 172 Å². The average Bonchev–Trinajstić information content (AvgIpc) is 2.73. The van der Waals surface area contributed by atoms with Crippen molar-refractivity contribution in [3.63, 3.8) is 0 Å². The van der Waals surface area contributed by atoms with Gasteiger partial charge >= 0.3 is 11.7 Å². The first-order valence-electron chi connectivity index (χ1n) is 9.49. The number of nitrogen functional groups attached to an aromatic ring is 1. The third kappa shape index (κ3) is 4.03. The molecule has 0 atom stereocenters. The molecule has 0 unspecified atom stereocenters. The maximum Gasteiger partial charge on any atom is 0.338 e. The van der Waals surface area contributed by atoms with Gasteiger partial charge in [0.15, 0.2) is 6.61 Å². The largest absolute Gasteiger partial charge is 0.454 e. The second-order valence-electron chi connectivity index (χ2n) is 7.47. The van der Waals surface area contributed by atoms with E-state index in [1.807, 2.05) is 38.1 Å². The molecule has 0 aliphatic rings. The molecule has 0 aliphatic heterocycles. The normalized spacial score (nSPS) is 11.1. The summed E-state index contributed by atoms with van der Waals surface area (Å²) in [5, 5.41) is 1.82. The second-order valence-corrected chi connectivity index (χ2v) is 7.47. The highest BCUT2D eigenvalue weighted by Gasteiger charge is 2.23. The van der Waals surface area contributed by atoms with Gasteiger partial charge < -0.3 is 10.5 Å². The summed E-state index contributed by atoms with van der Waals surface area (Å²) in [5.41, 5.74) is 4.48. The SMILES string of the molecule is CC(C)Cn1c(N)c(C(=O)COC(=O)c2ccc3ccccc3c2)c(=O)n(C)c1=O. The van der Waals surface area contributed by atoms with E-state index in [-0.39, 0.29) is 29.4 Å². The van der Waals surface area contributed by atoms with Gasteiger partial charge in [-0.15, -0.1) is 0 Å². The lowest BCUT2D eigenvalue weighted by molar-refractivity contribution is 0.0474. The van der Waals surface area contributed by atoms with Crippen LogP contribution in [0.1, 0.15) is 34.6 Å². The zero-order valence-corrected chi connectivity index (χ0v) is 17.0. The van der Waals surface area contributed by atoms with Crippen LogP contribution in [-0.2, 0) is 18.3 Å². The number of ketones is 1. The number of nitrogens with zero attached hydrogens (tertiary/aromatic N) is 2. The fourth-order valence-electron chi connectivity index (χ4n) is 3.19. The molecule has 30 heavy (non-hydrogen) atoms. The van der Waals surface area contributed by atoms with E-state index in [2.05, 4.69) is 0 Å². The van der Waals surface area contributed by atoms with Crippen molar-refractivity contribution in [2.45, 2.75) is 20.4 Å². The summed E-state index contributed by atoms with van der Waals surface area (Å²) in [5.74, 6) is -1.61. The minimum absolute atomic E-state index is 0.0659. The number of carbonyl (C=O) groups is 2. The molecule has 8 heteroatoms. The van der Waals surface area contributed by atoms with Crippen LogP contribution in [0.25, 0.3) is 10.8 Å². The first-order valence-corrected chi connectivity index (χ1v) is 9.49. The Balaban J connectivity index is 1.85. The molecule has 2 N–H and O–H groups in total. The van der Waals surface area contributed by atoms with E-state index in [9.17, 15) is 19.2 Å². The third-order valence-corrected chi connectivity index (χ3v) is 4.73. The molecule has 2 aromatic carbocycles. The number of hydrogen-bond donors (Lipinski definition) is 1. The number of esters is 1. The Morgan fingerprint density at radius 3 is 2.40 bits per heavy atom. The smallest absolute Gasteiger partial charge is 0.338 e. The van der Waals surface area contributed by atoms with Crippen LogP contribution in [0, 0.1) is 5.92 Å². The molecule has 0 radical (unpaired) electrons. The van der Waals surface area contributed by atoms with Crippen LogP contribution in [0.4, 0.5) is 5.82 Å². The highest BCUT2D eigenvalue weighted by molar-refractivity contribution is 6.02. The Hall–Kier alpha value is -3.68. The molecule has 3 rings (SSSR count). The lowest BCUT2D eigenvalue weighted by atomic mass is 10.1. The molecule has 1 aromatic heterocycles. The molecular formula is C22H23N3O5. The van der Waals surface area contributed by atoms with Gasteiger partial charge in [-0.2, -0.15) is 0 Å². The number of anilines is 1. The summed E-state index contributed by atoms with van der Waals surface area (Å²) in [6.07, 6.45) is 0. The van der Waals surface area contributed by atoms with E-state index in [0.717, 1.165) is 15.3 Å². The molecule has 0 amide bonds. The predicted octanol–water partition coefficient (Wildman–Crippen LogP) is 1.98. The number of benzene rings is 2. The van der Waals surface area contributed by atoms with Crippen LogP contribution in [0.2, 0.25) is 0 Å². The van der Waals surface area contributed by atoms with Gasteiger partial charge in [0.2, 0.25) is 5.78 Å². The van der Waals surface area contributed by atoms with Crippen molar-refractivity contribution in [2.75, 3.05) is 12.3 Å². The first kappa shape index (κ1) is 21.0. The summed E-state index contributed by atoms with van der Waals surface area (Å²) >= 11 is 0. The van der Waals surface area contributed by atoms with Crippen molar-refractivity contribution >= 4 is 28.3 Å². The van der Waals surface area contributed by atoms with Crippen LogP contribution in [0.3, 0.4) is 0 Å². The number of ether oxygens (including phenoxy) is 1. The van der Waals surface area contributed by atoms with E-state index in [4.69, 9.17) is 10.5 Å². The van der Waals surface area contributed by atoms with Crippen molar-refractivity contribution in [1.29, 1.82) is 0 Å². The number of hydrogen-bond acceptors (Lipinski definition) is 6. The van der Waals surface area contributed by atoms with Gasteiger partial charge in [-0.3, -0.25) is 18.7 Å². The molecule has 8 nitrogen and oxygen atoms in total. The van der Waals surface area contributed by atoms with Crippen molar-refractivity contribution in [2.24, 2.45) is 13.0 Å². The molecule has 156 valence electrons. The summed E-state index contributed by atoms with van der Waals surface area (Å²) in [6.45, 7) is 3.34. The molecule has 3 aromatic rings. The van der Waals surface area contributed by atoms with Gasteiger partial charge in [0, 0.05) is 13.6 Å². The Morgan fingerprint density at radius 2 is 1.73 bits per heavy atom. The molecule has 0 bridgehead atoms. The molecule has 0 saturated heterocycles. The van der Waals surface area contributed by atoms with Gasteiger partial charge in [-0.05, 0) is 28.8 Å². The number of rotatable bonds is 6. The van der Waals surface area contributed by atoms with Crippen LogP contribution in [0.15, 0.2) is 52.1 Å². The van der Waals surface area contributed by atoms with Crippen LogP contribution in [-0.4, -0.2) is 27.5 Å². The molecule has 0 fully saturated rings. The number of nitrogens with two attached hydrogens (primary N) is 1. The van der Waals surface area contributed by atoms with Crippen LogP contribution in [0.5, 0.6) is 0 Å². The second kappa shape index (κ2) is 8.36. The number of Topliss-reactive ketones (excluding diaryl/α,β-unsaturated/α-hetero) is 1. The van der Waals surface area contributed by atoms with Gasteiger partial charge in [-0.25, -0.2) is 9.59 Å². The number of carbonyl (C=O) groups excluding carboxylic acids is 2. The Kier molecular flexibility index (Phi) is 5.86. The summed E-state index contributed by atoms with van der Waals surface area (Å²) in [7, 11) is 1.28. The fraction of sp³-hybridized carbons (Fsp3) is 0.273. The summed E-state index contributed by atoms with van der Waals surface area (Å²) in [4.78, 5) is 49.8. The maximum absolute atomic E-state index is 12.7. The Bertz CT molecular complexity index is 1250. The van der Waals surface area contributed by atoms with Gasteiger partial charge in [0.1, 0.15) is 11.4 Å². The van der Waals surface area contributed by atoms with Crippen molar-refractivity contribution < 1.29 is 14.3 Å². The minimum Gasteiger partial charge on any atom is -0.454 e. The number of fused-ring (bicyclic) bond motifs is 1. The highest BCUT2D eigenvalue weighted by atomic mass is 16.5. The van der Waals surface area contributed by atoms with Gasteiger partial charge in [0.05, 0.1) is 5.56 Å². The van der Waals surface area contributed by atoms with Gasteiger partial charge in [-0.1, -0.05) is 44.2 Å². The third-order valence-electron chi connectivity index (χ3n) is 4.73. The van der Waals surface area contributed by atoms with E-state index in [0.29, 0.717) is 0 Å². The highest BCUT2D eigenvalue weighted by Crippen LogP contribution is 2.16. The average molecular weight is 409 g/mol. The minimum atomic E-state index is -0.815. The zero-order valence-electron chi connectivity index (χ0n) is 17.0. The predicted molar refractivity (Wildman–Crippen MR) is 114 cm³/mol. The lowest BCUT2D eigenvalue weighted by Gasteiger charge is -2.16. The monoisotopic (exact) mass is 409 g/mol.